The Balaban J connectivity index is 0.000000306. The SMILES string of the molecule is COC(=O)c1cccc(O)c1C(=O)OC.COC(=O)c1cccc(OCc2ccc(CO)cc2)c1C(=O)OC. The number of rotatable bonds is 8. The molecule has 0 spiro atoms. The van der Waals surface area contributed by atoms with E-state index in [-0.39, 0.29) is 47.0 Å². The lowest BCUT2D eigenvalue weighted by Crippen LogP contribution is -2.14. The summed E-state index contributed by atoms with van der Waals surface area (Å²) in [5.74, 6) is -2.89. The maximum absolute atomic E-state index is 12.0. The second kappa shape index (κ2) is 14.7. The van der Waals surface area contributed by atoms with Crippen LogP contribution in [0.25, 0.3) is 0 Å². The van der Waals surface area contributed by atoms with Crippen LogP contribution in [-0.2, 0) is 32.2 Å². The molecule has 39 heavy (non-hydrogen) atoms. The van der Waals surface area contributed by atoms with Crippen molar-refractivity contribution in [1.82, 2.24) is 0 Å². The summed E-state index contributed by atoms with van der Waals surface area (Å²) in [6.45, 7) is 0.162. The highest BCUT2D eigenvalue weighted by Gasteiger charge is 2.23. The van der Waals surface area contributed by atoms with E-state index in [1.165, 1.54) is 45.6 Å². The van der Waals surface area contributed by atoms with Gasteiger partial charge in [-0.2, -0.15) is 0 Å². The van der Waals surface area contributed by atoms with Crippen molar-refractivity contribution in [1.29, 1.82) is 0 Å². The number of carbonyl (C=O) groups is 4. The van der Waals surface area contributed by atoms with Gasteiger partial charge < -0.3 is 33.9 Å². The van der Waals surface area contributed by atoms with Crippen LogP contribution in [0.1, 0.15) is 52.6 Å². The zero-order chi connectivity index (χ0) is 28.9. The Bertz CT molecular complexity index is 1310. The van der Waals surface area contributed by atoms with Crippen molar-refractivity contribution >= 4 is 23.9 Å². The van der Waals surface area contributed by atoms with Crippen molar-refractivity contribution in [2.24, 2.45) is 0 Å². The molecule has 0 heterocycles. The Labute approximate surface area is 224 Å². The van der Waals surface area contributed by atoms with Crippen LogP contribution in [0.3, 0.4) is 0 Å². The monoisotopic (exact) mass is 540 g/mol. The third kappa shape index (κ3) is 7.79. The second-order valence-corrected chi connectivity index (χ2v) is 7.61. The van der Waals surface area contributed by atoms with E-state index < -0.39 is 23.9 Å². The molecule has 0 unspecified atom stereocenters. The Morgan fingerprint density at radius 1 is 0.615 bits per heavy atom. The van der Waals surface area contributed by atoms with Crippen LogP contribution >= 0.6 is 0 Å². The van der Waals surface area contributed by atoms with Crippen LogP contribution in [0, 0.1) is 0 Å². The van der Waals surface area contributed by atoms with E-state index in [1.807, 2.05) is 12.1 Å². The molecule has 11 heteroatoms. The van der Waals surface area contributed by atoms with Crippen molar-refractivity contribution in [2.75, 3.05) is 28.4 Å². The average Bonchev–Trinajstić information content (AvgIpc) is 2.98. The lowest BCUT2D eigenvalue weighted by Gasteiger charge is -2.13. The molecule has 0 aliphatic rings. The molecule has 0 radical (unpaired) electrons. The zero-order valence-corrected chi connectivity index (χ0v) is 21.8. The predicted molar refractivity (Wildman–Crippen MR) is 137 cm³/mol. The number of carbonyl (C=O) groups excluding carboxylic acids is 4. The molecule has 0 atom stereocenters. The minimum Gasteiger partial charge on any atom is -0.507 e. The van der Waals surface area contributed by atoms with E-state index in [9.17, 15) is 24.3 Å². The summed E-state index contributed by atoms with van der Waals surface area (Å²) in [6, 6.07) is 16.0. The maximum atomic E-state index is 12.0. The summed E-state index contributed by atoms with van der Waals surface area (Å²) in [6.07, 6.45) is 0. The minimum absolute atomic E-state index is 0.0237. The number of phenols is 1. The molecule has 206 valence electrons. The summed E-state index contributed by atoms with van der Waals surface area (Å²) in [5, 5.41) is 18.5. The van der Waals surface area contributed by atoms with E-state index in [0.717, 1.165) is 18.2 Å². The Kier molecular flexibility index (Phi) is 11.5. The van der Waals surface area contributed by atoms with Gasteiger partial charge in [0.1, 0.15) is 29.2 Å². The quantitative estimate of drug-likeness (QED) is 0.319. The first-order chi connectivity index (χ1) is 18.7. The summed E-state index contributed by atoms with van der Waals surface area (Å²) in [5.41, 5.74) is 1.54. The Hall–Kier alpha value is -4.90. The average molecular weight is 541 g/mol. The van der Waals surface area contributed by atoms with Crippen LogP contribution in [0.5, 0.6) is 11.5 Å². The molecule has 3 rings (SSSR count). The van der Waals surface area contributed by atoms with Crippen LogP contribution in [0.4, 0.5) is 0 Å². The molecule has 0 aliphatic carbocycles. The highest BCUT2D eigenvalue weighted by molar-refractivity contribution is 6.05. The van der Waals surface area contributed by atoms with E-state index in [4.69, 9.17) is 14.6 Å². The maximum Gasteiger partial charge on any atom is 0.342 e. The smallest absolute Gasteiger partial charge is 0.342 e. The van der Waals surface area contributed by atoms with Gasteiger partial charge in [0, 0.05) is 0 Å². The van der Waals surface area contributed by atoms with E-state index >= 15 is 0 Å². The van der Waals surface area contributed by atoms with Crippen molar-refractivity contribution in [3.63, 3.8) is 0 Å². The number of esters is 4. The number of aliphatic hydroxyl groups excluding tert-OH is 1. The lowest BCUT2D eigenvalue weighted by atomic mass is 10.1. The van der Waals surface area contributed by atoms with Crippen LogP contribution in [0.2, 0.25) is 0 Å². The van der Waals surface area contributed by atoms with Crippen molar-refractivity contribution in [3.05, 3.63) is 94.0 Å². The standard InChI is InChI=1S/C18H18O6.C10H10O5/c1-22-17(20)14-4-3-5-15(16(14)18(21)23-2)24-11-13-8-6-12(10-19)7-9-13;1-14-9(12)6-4-3-5-7(11)8(6)10(13)15-2/h3-9,19H,10-11H2,1-2H3;3-5,11H,1-2H3. The number of methoxy groups -OCH3 is 4. The Morgan fingerprint density at radius 2 is 1.08 bits per heavy atom. The van der Waals surface area contributed by atoms with Gasteiger partial charge in [-0.3, -0.25) is 0 Å². The summed E-state index contributed by atoms with van der Waals surface area (Å²) in [4.78, 5) is 46.4. The molecule has 0 bridgehead atoms. The summed E-state index contributed by atoms with van der Waals surface area (Å²) in [7, 11) is 4.82. The molecule has 0 saturated heterocycles. The number of aliphatic hydroxyl groups is 1. The number of phenolic OH excluding ortho intramolecular Hbond substituents is 1. The second-order valence-electron chi connectivity index (χ2n) is 7.61. The van der Waals surface area contributed by atoms with Gasteiger partial charge in [0.15, 0.2) is 0 Å². The van der Waals surface area contributed by atoms with Crippen LogP contribution in [0.15, 0.2) is 60.7 Å². The first-order valence-electron chi connectivity index (χ1n) is 11.3. The first kappa shape index (κ1) is 30.3. The molecule has 2 N–H and O–H groups in total. The summed E-state index contributed by atoms with van der Waals surface area (Å²) >= 11 is 0. The molecule has 3 aromatic carbocycles. The molecule has 0 amide bonds. The number of aromatic hydroxyl groups is 1. The third-order valence-corrected chi connectivity index (χ3v) is 5.26. The normalized spacial score (nSPS) is 9.87. The van der Waals surface area contributed by atoms with Gasteiger partial charge in [0.05, 0.1) is 46.2 Å². The Morgan fingerprint density at radius 3 is 1.59 bits per heavy atom. The fourth-order valence-corrected chi connectivity index (χ4v) is 3.28. The van der Waals surface area contributed by atoms with Crippen LogP contribution in [-0.4, -0.2) is 62.5 Å². The predicted octanol–water partition coefficient (Wildman–Crippen LogP) is 3.30. The van der Waals surface area contributed by atoms with Gasteiger partial charge in [-0.15, -0.1) is 0 Å². The van der Waals surface area contributed by atoms with Gasteiger partial charge in [-0.25, -0.2) is 19.2 Å². The topological polar surface area (TPSA) is 155 Å². The fraction of sp³-hybridized carbons (Fsp3) is 0.214. The molecule has 0 aliphatic heterocycles. The van der Waals surface area contributed by atoms with Crippen molar-refractivity contribution in [3.8, 4) is 11.5 Å². The fourth-order valence-electron chi connectivity index (χ4n) is 3.28. The summed E-state index contributed by atoms with van der Waals surface area (Å²) < 4.78 is 24.0. The number of benzene rings is 3. The van der Waals surface area contributed by atoms with Gasteiger partial charge in [0.2, 0.25) is 0 Å². The van der Waals surface area contributed by atoms with E-state index in [2.05, 4.69) is 14.2 Å². The molecule has 0 saturated carbocycles. The molecule has 0 aromatic heterocycles. The number of hydrogen-bond acceptors (Lipinski definition) is 11. The molecular formula is C28H28O11. The van der Waals surface area contributed by atoms with E-state index in [1.54, 1.807) is 24.3 Å². The first-order valence-corrected chi connectivity index (χ1v) is 11.3. The highest BCUT2D eigenvalue weighted by atomic mass is 16.5. The number of hydrogen-bond donors (Lipinski definition) is 2. The van der Waals surface area contributed by atoms with E-state index in [0.29, 0.717) is 0 Å². The van der Waals surface area contributed by atoms with Crippen molar-refractivity contribution < 1.29 is 53.1 Å². The largest absolute Gasteiger partial charge is 0.507 e. The van der Waals surface area contributed by atoms with Crippen LogP contribution < -0.4 is 4.74 Å². The molecule has 3 aromatic rings. The van der Waals surface area contributed by atoms with Gasteiger partial charge in [-0.05, 0) is 35.4 Å². The number of ether oxygens (including phenoxy) is 5. The highest BCUT2D eigenvalue weighted by Crippen LogP contribution is 2.25. The molecule has 0 fully saturated rings. The van der Waals surface area contributed by atoms with Gasteiger partial charge >= 0.3 is 23.9 Å². The van der Waals surface area contributed by atoms with Gasteiger partial charge in [-0.1, -0.05) is 36.4 Å². The molecule has 11 nitrogen and oxygen atoms in total. The van der Waals surface area contributed by atoms with Gasteiger partial charge in [0.25, 0.3) is 0 Å². The molecular weight excluding hydrogens is 512 g/mol. The zero-order valence-electron chi connectivity index (χ0n) is 21.8. The lowest BCUT2D eigenvalue weighted by molar-refractivity contribution is 0.0550. The third-order valence-electron chi connectivity index (χ3n) is 5.26. The minimum atomic E-state index is -0.784. The van der Waals surface area contributed by atoms with Crippen molar-refractivity contribution in [2.45, 2.75) is 13.2 Å².